The minimum absolute atomic E-state index is 0.102. The van der Waals surface area contributed by atoms with Gasteiger partial charge in [0.15, 0.2) is 0 Å². The predicted molar refractivity (Wildman–Crippen MR) is 79.7 cm³/mol. The summed E-state index contributed by atoms with van der Waals surface area (Å²) in [4.78, 5) is 0. The van der Waals surface area contributed by atoms with Crippen molar-refractivity contribution < 1.29 is 0 Å². The summed E-state index contributed by atoms with van der Waals surface area (Å²) in [5.41, 5.74) is 16.1. The second-order valence-electron chi connectivity index (χ2n) is 6.48. The monoisotopic (exact) mass is 248 g/mol. The molecule has 1 aromatic carbocycles. The van der Waals surface area contributed by atoms with E-state index >= 15 is 0 Å². The molecule has 2 heteroatoms. The average Bonchev–Trinajstić information content (AvgIpc) is 2.24. The molecule has 4 N–H and O–H groups in total. The van der Waals surface area contributed by atoms with Gasteiger partial charge in [-0.3, -0.25) is 0 Å². The summed E-state index contributed by atoms with van der Waals surface area (Å²) in [6, 6.07) is 6.98. The maximum Gasteiger partial charge on any atom is 0.0298 e. The topological polar surface area (TPSA) is 52.0 Å². The summed E-state index contributed by atoms with van der Waals surface area (Å²) in [6.07, 6.45) is 1.93. The van der Waals surface area contributed by atoms with Gasteiger partial charge in [-0.05, 0) is 48.8 Å². The van der Waals surface area contributed by atoms with Crippen LogP contribution in [-0.4, -0.2) is 6.04 Å². The van der Waals surface area contributed by atoms with Crippen LogP contribution in [0, 0.1) is 6.92 Å². The minimum Gasteiger partial charge on any atom is -0.328 e. The molecule has 0 saturated carbocycles. The SMILES string of the molecule is Cc1cc(C(C)(C)C)ccc1C(N)CCC(C)N. The third kappa shape index (κ3) is 4.11. The lowest BCUT2D eigenvalue weighted by molar-refractivity contribution is 0.551. The highest BCUT2D eigenvalue weighted by molar-refractivity contribution is 5.36. The van der Waals surface area contributed by atoms with Crippen molar-refractivity contribution in [1.29, 1.82) is 0 Å². The lowest BCUT2D eigenvalue weighted by Gasteiger charge is -2.22. The van der Waals surface area contributed by atoms with Crippen molar-refractivity contribution in [1.82, 2.24) is 0 Å². The highest BCUT2D eigenvalue weighted by atomic mass is 14.6. The van der Waals surface area contributed by atoms with Crippen molar-refractivity contribution in [2.24, 2.45) is 11.5 Å². The maximum atomic E-state index is 6.25. The molecular weight excluding hydrogens is 220 g/mol. The van der Waals surface area contributed by atoms with Crippen molar-refractivity contribution in [2.45, 2.75) is 65.0 Å². The fraction of sp³-hybridized carbons (Fsp3) is 0.625. The van der Waals surface area contributed by atoms with Gasteiger partial charge in [0.05, 0.1) is 0 Å². The molecule has 18 heavy (non-hydrogen) atoms. The Balaban J connectivity index is 2.85. The van der Waals surface area contributed by atoms with Crippen molar-refractivity contribution >= 4 is 0 Å². The van der Waals surface area contributed by atoms with E-state index in [0.29, 0.717) is 0 Å². The number of rotatable bonds is 4. The van der Waals surface area contributed by atoms with Crippen LogP contribution in [0.4, 0.5) is 0 Å². The zero-order valence-electron chi connectivity index (χ0n) is 12.5. The molecular formula is C16H28N2. The number of aryl methyl sites for hydroxylation is 1. The molecule has 0 aliphatic heterocycles. The molecule has 0 heterocycles. The van der Waals surface area contributed by atoms with Crippen LogP contribution in [0.5, 0.6) is 0 Å². The van der Waals surface area contributed by atoms with E-state index in [2.05, 4.69) is 45.9 Å². The zero-order valence-corrected chi connectivity index (χ0v) is 12.5. The van der Waals surface area contributed by atoms with E-state index in [1.165, 1.54) is 16.7 Å². The molecule has 0 saturated heterocycles. The summed E-state index contributed by atoms with van der Waals surface area (Å²) < 4.78 is 0. The fourth-order valence-electron chi connectivity index (χ4n) is 2.16. The highest BCUT2D eigenvalue weighted by Crippen LogP contribution is 2.27. The smallest absolute Gasteiger partial charge is 0.0298 e. The number of hydrogen-bond donors (Lipinski definition) is 2. The largest absolute Gasteiger partial charge is 0.328 e. The molecule has 0 aliphatic carbocycles. The summed E-state index contributed by atoms with van der Waals surface area (Å²) in [7, 11) is 0. The molecule has 0 aliphatic rings. The Morgan fingerprint density at radius 3 is 2.17 bits per heavy atom. The third-order valence-electron chi connectivity index (χ3n) is 3.47. The number of hydrogen-bond acceptors (Lipinski definition) is 2. The number of benzene rings is 1. The minimum atomic E-state index is 0.102. The van der Waals surface area contributed by atoms with E-state index in [4.69, 9.17) is 11.5 Å². The van der Waals surface area contributed by atoms with Crippen LogP contribution < -0.4 is 11.5 Å². The van der Waals surface area contributed by atoms with Crippen LogP contribution in [0.25, 0.3) is 0 Å². The molecule has 2 unspecified atom stereocenters. The van der Waals surface area contributed by atoms with Crippen molar-refractivity contribution in [3.05, 3.63) is 34.9 Å². The van der Waals surface area contributed by atoms with Gasteiger partial charge < -0.3 is 11.5 Å². The van der Waals surface area contributed by atoms with E-state index in [9.17, 15) is 0 Å². The van der Waals surface area contributed by atoms with Gasteiger partial charge in [-0.25, -0.2) is 0 Å². The van der Waals surface area contributed by atoms with Gasteiger partial charge in [-0.1, -0.05) is 39.0 Å². The maximum absolute atomic E-state index is 6.25. The molecule has 0 amide bonds. The van der Waals surface area contributed by atoms with E-state index in [0.717, 1.165) is 12.8 Å². The zero-order chi connectivity index (χ0) is 13.9. The Bertz CT molecular complexity index is 389. The summed E-state index contributed by atoms with van der Waals surface area (Å²) in [5.74, 6) is 0. The normalized spacial score (nSPS) is 15.5. The summed E-state index contributed by atoms with van der Waals surface area (Å²) in [5, 5.41) is 0. The highest BCUT2D eigenvalue weighted by Gasteiger charge is 2.16. The molecule has 0 radical (unpaired) electrons. The van der Waals surface area contributed by atoms with Crippen LogP contribution in [0.15, 0.2) is 18.2 Å². The Hall–Kier alpha value is -0.860. The first kappa shape index (κ1) is 15.2. The lowest BCUT2D eigenvalue weighted by Crippen LogP contribution is -2.20. The number of nitrogens with two attached hydrogens (primary N) is 2. The molecule has 1 aromatic rings. The van der Waals surface area contributed by atoms with Crippen LogP contribution >= 0.6 is 0 Å². The fourth-order valence-corrected chi connectivity index (χ4v) is 2.16. The van der Waals surface area contributed by atoms with Gasteiger partial charge >= 0.3 is 0 Å². The van der Waals surface area contributed by atoms with Gasteiger partial charge in [-0.15, -0.1) is 0 Å². The third-order valence-corrected chi connectivity index (χ3v) is 3.47. The Labute approximate surface area is 112 Å². The molecule has 0 fully saturated rings. The van der Waals surface area contributed by atoms with E-state index < -0.39 is 0 Å². The van der Waals surface area contributed by atoms with Gasteiger partial charge in [0.2, 0.25) is 0 Å². The average molecular weight is 248 g/mol. The van der Waals surface area contributed by atoms with Gasteiger partial charge in [0.25, 0.3) is 0 Å². The summed E-state index contributed by atoms with van der Waals surface area (Å²) in [6.45, 7) is 10.9. The molecule has 0 spiro atoms. The van der Waals surface area contributed by atoms with E-state index in [1.54, 1.807) is 0 Å². The van der Waals surface area contributed by atoms with Gasteiger partial charge in [0, 0.05) is 12.1 Å². The molecule has 0 aromatic heterocycles. The first-order valence-corrected chi connectivity index (χ1v) is 6.84. The second kappa shape index (κ2) is 5.85. The first-order valence-electron chi connectivity index (χ1n) is 6.84. The Morgan fingerprint density at radius 1 is 1.11 bits per heavy atom. The first-order chi connectivity index (χ1) is 8.21. The van der Waals surface area contributed by atoms with Crippen LogP contribution in [0.1, 0.15) is 63.3 Å². The molecule has 2 nitrogen and oxygen atoms in total. The van der Waals surface area contributed by atoms with Crippen LogP contribution in [-0.2, 0) is 5.41 Å². The van der Waals surface area contributed by atoms with E-state index in [-0.39, 0.29) is 17.5 Å². The molecule has 102 valence electrons. The molecule has 0 bridgehead atoms. The summed E-state index contributed by atoms with van der Waals surface area (Å²) >= 11 is 0. The van der Waals surface area contributed by atoms with Crippen molar-refractivity contribution in [3.63, 3.8) is 0 Å². The van der Waals surface area contributed by atoms with Gasteiger partial charge in [0.1, 0.15) is 0 Å². The van der Waals surface area contributed by atoms with Crippen LogP contribution in [0.3, 0.4) is 0 Å². The lowest BCUT2D eigenvalue weighted by atomic mass is 9.84. The Kier molecular flexibility index (Phi) is 4.94. The predicted octanol–water partition coefficient (Wildman–Crippen LogP) is 3.42. The quantitative estimate of drug-likeness (QED) is 0.858. The Morgan fingerprint density at radius 2 is 1.72 bits per heavy atom. The van der Waals surface area contributed by atoms with E-state index in [1.807, 2.05) is 6.92 Å². The van der Waals surface area contributed by atoms with Crippen molar-refractivity contribution in [3.8, 4) is 0 Å². The van der Waals surface area contributed by atoms with Gasteiger partial charge in [-0.2, -0.15) is 0 Å². The van der Waals surface area contributed by atoms with Crippen LogP contribution in [0.2, 0.25) is 0 Å². The molecule has 2 atom stereocenters. The second-order valence-corrected chi connectivity index (χ2v) is 6.48. The standard InChI is InChI=1S/C16H28N2/c1-11-10-13(16(3,4)5)7-8-14(11)15(18)9-6-12(2)17/h7-8,10,12,15H,6,9,17-18H2,1-5H3. The van der Waals surface area contributed by atoms with Crippen molar-refractivity contribution in [2.75, 3.05) is 0 Å². The molecule has 1 rings (SSSR count).